The van der Waals surface area contributed by atoms with Gasteiger partial charge in [0.1, 0.15) is 11.9 Å². The van der Waals surface area contributed by atoms with Crippen LogP contribution in [0.25, 0.3) is 0 Å². The fourth-order valence-electron chi connectivity index (χ4n) is 1.84. The quantitative estimate of drug-likeness (QED) is 0.616. The minimum absolute atomic E-state index is 0.113. The Labute approximate surface area is 107 Å². The summed E-state index contributed by atoms with van der Waals surface area (Å²) in [5.74, 6) is 0.850. The largest absolute Gasteiger partial charge is 0.497 e. The van der Waals surface area contributed by atoms with Gasteiger partial charge in [0.25, 0.3) is 0 Å². The first-order valence-electron chi connectivity index (χ1n) is 6.02. The van der Waals surface area contributed by atoms with Crippen molar-refractivity contribution in [3.8, 4) is 5.75 Å². The van der Waals surface area contributed by atoms with Crippen molar-refractivity contribution in [2.24, 2.45) is 5.16 Å². The minimum atomic E-state index is 0.113. The van der Waals surface area contributed by atoms with Gasteiger partial charge in [-0.1, -0.05) is 11.2 Å². The summed E-state index contributed by atoms with van der Waals surface area (Å²) >= 11 is 0. The molecule has 2 rings (SSSR count). The number of nitrogens with one attached hydrogen (secondary N) is 1. The average molecular weight is 246 g/mol. The molecule has 1 aliphatic heterocycles. The number of ether oxygens (including phenoxy) is 1. The first kappa shape index (κ1) is 12.6. The van der Waals surface area contributed by atoms with Crippen LogP contribution < -0.4 is 10.1 Å². The summed E-state index contributed by atoms with van der Waals surface area (Å²) in [4.78, 5) is 5.38. The van der Waals surface area contributed by atoms with Crippen LogP contribution in [0.4, 0.5) is 0 Å². The zero-order valence-corrected chi connectivity index (χ0v) is 10.6. The summed E-state index contributed by atoms with van der Waals surface area (Å²) in [5.41, 5.74) is 2.07. The molecule has 4 heteroatoms. The van der Waals surface area contributed by atoms with Crippen molar-refractivity contribution in [1.82, 2.24) is 5.32 Å². The molecule has 0 saturated carbocycles. The van der Waals surface area contributed by atoms with Gasteiger partial charge in [-0.3, -0.25) is 0 Å². The number of rotatable bonds is 6. The summed E-state index contributed by atoms with van der Waals surface area (Å²) in [7, 11) is 1.66. The van der Waals surface area contributed by atoms with E-state index in [1.807, 2.05) is 30.3 Å². The first-order chi connectivity index (χ1) is 8.83. The molecule has 0 spiro atoms. The predicted molar refractivity (Wildman–Crippen MR) is 72.1 cm³/mol. The highest BCUT2D eigenvalue weighted by Gasteiger charge is 2.21. The van der Waals surface area contributed by atoms with Gasteiger partial charge < -0.3 is 14.9 Å². The second kappa shape index (κ2) is 6.21. The van der Waals surface area contributed by atoms with E-state index in [9.17, 15) is 0 Å². The summed E-state index contributed by atoms with van der Waals surface area (Å²) in [6.45, 7) is 5.24. The lowest BCUT2D eigenvalue weighted by Gasteiger charge is -2.07. The first-order valence-corrected chi connectivity index (χ1v) is 6.02. The smallest absolute Gasteiger partial charge is 0.145 e. The van der Waals surface area contributed by atoms with Crippen molar-refractivity contribution < 1.29 is 9.57 Å². The Balaban J connectivity index is 1.89. The Morgan fingerprint density at radius 2 is 2.28 bits per heavy atom. The highest BCUT2D eigenvalue weighted by Crippen LogP contribution is 2.18. The fraction of sp³-hybridized carbons (Fsp3) is 0.357. The number of methoxy groups -OCH3 is 1. The molecule has 0 amide bonds. The van der Waals surface area contributed by atoms with E-state index < -0.39 is 0 Å². The Hall–Kier alpha value is -1.81. The molecule has 0 aromatic heterocycles. The molecule has 1 aromatic rings. The summed E-state index contributed by atoms with van der Waals surface area (Å²) in [5, 5.41) is 7.36. The molecule has 96 valence electrons. The molecular formula is C14H18N2O2. The molecule has 1 aliphatic rings. The third kappa shape index (κ3) is 3.11. The Bertz CT molecular complexity index is 426. The number of hydrogen-bond donors (Lipinski definition) is 1. The van der Waals surface area contributed by atoms with Crippen LogP contribution in [0.5, 0.6) is 5.75 Å². The van der Waals surface area contributed by atoms with Gasteiger partial charge >= 0.3 is 0 Å². The predicted octanol–water partition coefficient (Wildman–Crippen LogP) is 1.96. The second-order valence-corrected chi connectivity index (χ2v) is 4.14. The monoisotopic (exact) mass is 246 g/mol. The van der Waals surface area contributed by atoms with Gasteiger partial charge in [0.15, 0.2) is 0 Å². The van der Waals surface area contributed by atoms with Crippen molar-refractivity contribution in [3.05, 3.63) is 42.5 Å². The van der Waals surface area contributed by atoms with E-state index in [2.05, 4.69) is 17.1 Å². The summed E-state index contributed by atoms with van der Waals surface area (Å²) in [6, 6.07) is 7.86. The lowest BCUT2D eigenvalue weighted by Crippen LogP contribution is -2.27. The lowest BCUT2D eigenvalue weighted by atomic mass is 10.0. The van der Waals surface area contributed by atoms with Crippen molar-refractivity contribution in [2.75, 3.05) is 20.2 Å². The highest BCUT2D eigenvalue weighted by molar-refractivity contribution is 6.01. The normalized spacial score (nSPS) is 18.1. The molecule has 0 radical (unpaired) electrons. The fourth-order valence-corrected chi connectivity index (χ4v) is 1.84. The van der Waals surface area contributed by atoms with E-state index in [-0.39, 0.29) is 6.10 Å². The zero-order valence-electron chi connectivity index (χ0n) is 10.6. The van der Waals surface area contributed by atoms with E-state index in [0.29, 0.717) is 0 Å². The van der Waals surface area contributed by atoms with E-state index in [4.69, 9.17) is 9.57 Å². The Morgan fingerprint density at radius 3 is 2.94 bits per heavy atom. The van der Waals surface area contributed by atoms with Gasteiger partial charge in [-0.25, -0.2) is 0 Å². The van der Waals surface area contributed by atoms with Crippen LogP contribution in [0.3, 0.4) is 0 Å². The van der Waals surface area contributed by atoms with Crippen LogP contribution in [0, 0.1) is 0 Å². The molecule has 0 saturated heterocycles. The number of benzene rings is 1. The maximum atomic E-state index is 5.38. The van der Waals surface area contributed by atoms with Gasteiger partial charge in [-0.2, -0.15) is 0 Å². The van der Waals surface area contributed by atoms with Crippen LogP contribution >= 0.6 is 0 Å². The van der Waals surface area contributed by atoms with Crippen LogP contribution in [0.15, 0.2) is 42.1 Å². The lowest BCUT2D eigenvalue weighted by molar-refractivity contribution is 0.0859. The van der Waals surface area contributed by atoms with E-state index >= 15 is 0 Å². The molecule has 0 bridgehead atoms. The van der Waals surface area contributed by atoms with Gasteiger partial charge in [-0.05, 0) is 29.8 Å². The topological polar surface area (TPSA) is 42.8 Å². The molecule has 18 heavy (non-hydrogen) atoms. The van der Waals surface area contributed by atoms with Crippen LogP contribution in [0.2, 0.25) is 0 Å². The molecule has 1 aromatic carbocycles. The van der Waals surface area contributed by atoms with Gasteiger partial charge in [-0.15, -0.1) is 6.58 Å². The molecule has 0 fully saturated rings. The average Bonchev–Trinajstić information content (AvgIpc) is 2.88. The molecule has 1 atom stereocenters. The van der Waals surface area contributed by atoms with Crippen molar-refractivity contribution in [3.63, 3.8) is 0 Å². The minimum Gasteiger partial charge on any atom is -0.497 e. The maximum absolute atomic E-state index is 5.38. The van der Waals surface area contributed by atoms with Crippen molar-refractivity contribution >= 4 is 5.71 Å². The van der Waals surface area contributed by atoms with Crippen LogP contribution in [-0.4, -0.2) is 32.0 Å². The number of hydrogen-bond acceptors (Lipinski definition) is 4. The SMILES string of the molecule is C=CCNCC1CC(c2ccc(OC)cc2)=NO1. The van der Waals surface area contributed by atoms with Crippen LogP contribution in [0.1, 0.15) is 12.0 Å². The van der Waals surface area contributed by atoms with Crippen molar-refractivity contribution in [1.29, 1.82) is 0 Å². The number of nitrogens with zero attached hydrogens (tertiary/aromatic N) is 1. The third-order valence-electron chi connectivity index (χ3n) is 2.82. The van der Waals surface area contributed by atoms with Gasteiger partial charge in [0.2, 0.25) is 0 Å². The maximum Gasteiger partial charge on any atom is 0.145 e. The van der Waals surface area contributed by atoms with Gasteiger partial charge in [0.05, 0.1) is 12.8 Å². The van der Waals surface area contributed by atoms with Crippen molar-refractivity contribution in [2.45, 2.75) is 12.5 Å². The highest BCUT2D eigenvalue weighted by atomic mass is 16.6. The van der Waals surface area contributed by atoms with E-state index in [1.165, 1.54) is 0 Å². The zero-order chi connectivity index (χ0) is 12.8. The molecule has 1 heterocycles. The number of oxime groups is 1. The summed E-state index contributed by atoms with van der Waals surface area (Å²) in [6.07, 6.45) is 2.78. The third-order valence-corrected chi connectivity index (χ3v) is 2.82. The molecule has 0 aliphatic carbocycles. The van der Waals surface area contributed by atoms with Crippen LogP contribution in [-0.2, 0) is 4.84 Å². The molecule has 1 N–H and O–H groups in total. The standard InChI is InChI=1S/C14H18N2O2/c1-3-8-15-10-13-9-14(16-18-13)11-4-6-12(17-2)7-5-11/h3-7,13,15H,1,8-10H2,2H3. The van der Waals surface area contributed by atoms with E-state index in [1.54, 1.807) is 7.11 Å². The molecule has 1 unspecified atom stereocenters. The Kier molecular flexibility index (Phi) is 4.36. The molecule has 4 nitrogen and oxygen atoms in total. The Morgan fingerprint density at radius 1 is 1.50 bits per heavy atom. The second-order valence-electron chi connectivity index (χ2n) is 4.14. The van der Waals surface area contributed by atoms with E-state index in [0.717, 1.165) is 36.5 Å². The molecular weight excluding hydrogens is 228 g/mol. The van der Waals surface area contributed by atoms with Gasteiger partial charge in [0, 0.05) is 19.5 Å². The summed E-state index contributed by atoms with van der Waals surface area (Å²) < 4.78 is 5.13.